The molecule has 0 aliphatic heterocycles. The van der Waals surface area contributed by atoms with Crippen LogP contribution in [0.3, 0.4) is 0 Å². The summed E-state index contributed by atoms with van der Waals surface area (Å²) in [5.41, 5.74) is 0. The van der Waals surface area contributed by atoms with Crippen LogP contribution in [0, 0.1) is 0 Å². The largest absolute Gasteiger partial charge is 0.793 e. The van der Waals surface area contributed by atoms with E-state index in [1.54, 1.807) is 22.5 Å². The predicted octanol–water partition coefficient (Wildman–Crippen LogP) is 13.2. The van der Waals surface area contributed by atoms with Gasteiger partial charge in [0.15, 0.2) is 0 Å². The molecule has 0 saturated carbocycles. The molecule has 0 nitrogen and oxygen atoms in total. The van der Waals surface area contributed by atoms with Crippen LogP contribution in [0.5, 0.6) is 0 Å². The molecule has 0 spiro atoms. The first-order valence-corrected chi connectivity index (χ1v) is 21.8. The van der Waals surface area contributed by atoms with Crippen molar-refractivity contribution in [3.8, 4) is 0 Å². The number of hydrogen-bond donors (Lipinski definition) is 0. The molecule has 0 rings (SSSR count). The van der Waals surface area contributed by atoms with Gasteiger partial charge >= 0.3 is 97.6 Å². The number of rotatable bonds is 28. The molecule has 0 N–H and O–H groups in total. The van der Waals surface area contributed by atoms with E-state index in [1.165, 1.54) is 184 Å². The number of hydrogen-bond acceptors (Lipinski definition) is 3. The maximum Gasteiger partial charge on any atom is -0.0536 e. The van der Waals surface area contributed by atoms with E-state index in [9.17, 15) is 0 Å². The van der Waals surface area contributed by atoms with Gasteiger partial charge < -0.3 is 37.9 Å². The van der Waals surface area contributed by atoms with Crippen LogP contribution in [0.2, 0.25) is 4.44 Å². The minimum Gasteiger partial charge on any atom is -0.793 e. The third kappa shape index (κ3) is 67.5. The van der Waals surface area contributed by atoms with Crippen LogP contribution >= 0.6 is 0 Å². The van der Waals surface area contributed by atoms with Gasteiger partial charge in [-0.1, -0.05) is 137 Å². The van der Waals surface area contributed by atoms with Gasteiger partial charge in [0.2, 0.25) is 0 Å². The Bertz CT molecular complexity index is 290. The van der Waals surface area contributed by atoms with Crippen molar-refractivity contribution in [2.45, 2.75) is 212 Å². The van der Waals surface area contributed by atoms with Crippen molar-refractivity contribution in [1.82, 2.24) is 0 Å². The molecule has 0 radical (unpaired) electrons. The van der Waals surface area contributed by atoms with Crippen molar-refractivity contribution >= 4 is 60.4 Å². The molecule has 0 aromatic heterocycles. The van der Waals surface area contributed by atoms with Gasteiger partial charge in [0, 0.05) is 0 Å². The standard InChI is InChI=1S/C18H37.3C6H14S.Sn/c1-3-5-7-9-11-13-15-17-18-16-14-12-10-8-6-4-2;3*1-2-3-4-5-6-7;/h1,3-18H2,2H3;3*7H,2-6H2,1H3;/q;;;;+3/p-3. The molecule has 0 aromatic carbocycles. The summed E-state index contributed by atoms with van der Waals surface area (Å²) in [6.07, 6.45) is 39.4. The molecule has 0 fully saturated rings. The summed E-state index contributed by atoms with van der Waals surface area (Å²) in [5.74, 6) is 2.83. The normalized spacial score (nSPS) is 10.2. The Morgan fingerprint density at radius 3 is 0.625 bits per heavy atom. The van der Waals surface area contributed by atoms with Crippen molar-refractivity contribution in [3.05, 3.63) is 0 Å². The van der Waals surface area contributed by atoms with Gasteiger partial charge in [-0.15, -0.1) is 0 Å². The Labute approximate surface area is 287 Å². The monoisotopic (exact) mass is 724 g/mol. The van der Waals surface area contributed by atoms with Gasteiger partial charge in [-0.25, -0.2) is 0 Å². The van der Waals surface area contributed by atoms with E-state index in [1.807, 2.05) is 0 Å². The molecule has 0 saturated heterocycles. The molecule has 0 heterocycles. The second-order valence-corrected chi connectivity index (χ2v) is 14.0. The summed E-state index contributed by atoms with van der Waals surface area (Å²) in [6, 6.07) is 0. The van der Waals surface area contributed by atoms with Crippen LogP contribution in [0.4, 0.5) is 0 Å². The quantitative estimate of drug-likeness (QED) is 0.0448. The Morgan fingerprint density at radius 2 is 0.450 bits per heavy atom. The average Bonchev–Trinajstić information content (AvgIpc) is 2.97. The maximum atomic E-state index is 4.77. The van der Waals surface area contributed by atoms with Crippen molar-refractivity contribution in [2.24, 2.45) is 0 Å². The molecular formula is C36H76S3Sn. The minimum absolute atomic E-state index is 0.944. The van der Waals surface area contributed by atoms with Gasteiger partial charge in [-0.3, -0.25) is 0 Å². The van der Waals surface area contributed by atoms with Gasteiger partial charge in [0.05, 0.1) is 0 Å². The van der Waals surface area contributed by atoms with Gasteiger partial charge in [-0.05, 0) is 0 Å². The Morgan fingerprint density at radius 1 is 0.275 bits per heavy atom. The number of unbranched alkanes of at least 4 members (excludes halogenated alkanes) is 24. The van der Waals surface area contributed by atoms with Crippen molar-refractivity contribution in [1.29, 1.82) is 0 Å². The van der Waals surface area contributed by atoms with E-state index < -0.39 is 0 Å². The summed E-state index contributed by atoms with van der Waals surface area (Å²) in [7, 11) is 0. The smallest absolute Gasteiger partial charge is 0.0536 e. The van der Waals surface area contributed by atoms with E-state index in [2.05, 4.69) is 27.7 Å². The van der Waals surface area contributed by atoms with E-state index in [4.69, 9.17) is 37.9 Å². The fraction of sp³-hybridized carbons (Fsp3) is 1.00. The fourth-order valence-corrected chi connectivity index (χ4v) is 5.59. The third-order valence-electron chi connectivity index (χ3n) is 7.02. The van der Waals surface area contributed by atoms with Crippen LogP contribution in [-0.4, -0.2) is 39.8 Å². The summed E-state index contributed by atoms with van der Waals surface area (Å²) < 4.78 is 1.46. The molecule has 0 bridgehead atoms. The molecule has 0 amide bonds. The zero-order chi connectivity index (χ0) is 30.6. The Hall–Kier alpha value is 1.85. The van der Waals surface area contributed by atoms with Gasteiger partial charge in [0.1, 0.15) is 0 Å². The summed E-state index contributed by atoms with van der Waals surface area (Å²) in [6.45, 7) is 8.93. The van der Waals surface area contributed by atoms with Crippen LogP contribution < -0.4 is 0 Å². The zero-order valence-electron chi connectivity index (χ0n) is 28.4. The second kappa shape index (κ2) is 56.6. The molecule has 0 aliphatic rings. The topological polar surface area (TPSA) is 0 Å². The summed E-state index contributed by atoms with van der Waals surface area (Å²) in [5, 5.41) is 0. The molecule has 0 aromatic rings. The maximum absolute atomic E-state index is 4.77. The SMILES string of the molecule is CCCCCCCCCCCCCCCCC[CH2][Sn+3].CCCCCC[S-].CCCCCC[S-].CCCCCC[S-]. The predicted molar refractivity (Wildman–Crippen MR) is 199 cm³/mol. The van der Waals surface area contributed by atoms with Crippen molar-refractivity contribution in [2.75, 3.05) is 17.3 Å². The molecule has 0 unspecified atom stereocenters. The average molecular weight is 724 g/mol. The van der Waals surface area contributed by atoms with Crippen LogP contribution in [0.15, 0.2) is 0 Å². The molecule has 242 valence electrons. The zero-order valence-corrected chi connectivity index (χ0v) is 33.7. The summed E-state index contributed by atoms with van der Waals surface area (Å²) in [4.78, 5) is 0. The molecule has 40 heavy (non-hydrogen) atoms. The molecule has 0 atom stereocenters. The first-order valence-electron chi connectivity index (χ1n) is 18.0. The van der Waals surface area contributed by atoms with Gasteiger partial charge in [0.25, 0.3) is 0 Å². The molecule has 4 heteroatoms. The van der Waals surface area contributed by atoms with Crippen LogP contribution in [0.1, 0.15) is 207 Å². The molecule has 0 aliphatic carbocycles. The fourth-order valence-electron chi connectivity index (χ4n) is 4.26. The van der Waals surface area contributed by atoms with Crippen LogP contribution in [-0.2, 0) is 37.9 Å². The van der Waals surface area contributed by atoms with E-state index in [-0.39, 0.29) is 0 Å². The van der Waals surface area contributed by atoms with Crippen molar-refractivity contribution in [3.63, 3.8) is 0 Å². The Balaban J connectivity index is -0.000000252. The van der Waals surface area contributed by atoms with Gasteiger partial charge in [-0.2, -0.15) is 17.3 Å². The van der Waals surface area contributed by atoms with E-state index >= 15 is 0 Å². The second-order valence-electron chi connectivity index (χ2n) is 11.3. The van der Waals surface area contributed by atoms with E-state index in [0.29, 0.717) is 0 Å². The third-order valence-corrected chi connectivity index (χ3v) is 8.90. The first kappa shape index (κ1) is 48.7. The molecular weight excluding hydrogens is 647 g/mol. The van der Waals surface area contributed by atoms with Crippen molar-refractivity contribution < 1.29 is 0 Å². The van der Waals surface area contributed by atoms with E-state index in [0.717, 1.165) is 17.3 Å². The first-order chi connectivity index (χ1) is 19.7. The summed E-state index contributed by atoms with van der Waals surface area (Å²) >= 11 is 16.0. The Kier molecular flexibility index (Phi) is 69.0. The van der Waals surface area contributed by atoms with Crippen LogP contribution in [0.25, 0.3) is 0 Å². The minimum atomic E-state index is 0.944.